The fourth-order valence-electron chi connectivity index (χ4n) is 5.67. The smallest absolute Gasteiger partial charge is 0.460 e. The molecule has 1 N–H and O–H groups in total. The van der Waals surface area contributed by atoms with Gasteiger partial charge in [0.15, 0.2) is 0 Å². The second-order valence-electron chi connectivity index (χ2n) is 8.55. The highest BCUT2D eigenvalue weighted by molar-refractivity contribution is 7.87. The minimum Gasteiger partial charge on any atom is -0.460 e. The van der Waals surface area contributed by atoms with Gasteiger partial charge in [0, 0.05) is 17.8 Å². The molecular weight excluding hydrogens is 414 g/mol. The maximum atomic E-state index is 13.5. The Bertz CT molecular complexity index is 918. The minimum atomic E-state index is -5.92. The number of nitrogens with zero attached hydrogens (tertiary/aromatic N) is 2. The Morgan fingerprint density at radius 2 is 1.90 bits per heavy atom. The molecule has 2 unspecified atom stereocenters. The molecule has 0 spiro atoms. The quantitative estimate of drug-likeness (QED) is 0.553. The van der Waals surface area contributed by atoms with E-state index in [4.69, 9.17) is 9.29 Å². The zero-order valence-electron chi connectivity index (χ0n) is 15.3. The lowest BCUT2D eigenvalue weighted by Crippen LogP contribution is -2.59. The molecule has 4 fully saturated rings. The number of halogens is 2. The summed E-state index contributed by atoms with van der Waals surface area (Å²) in [5.41, 5.74) is -1.46. The molecule has 4 bridgehead atoms. The van der Waals surface area contributed by atoms with Crippen molar-refractivity contribution in [2.75, 3.05) is 6.61 Å². The van der Waals surface area contributed by atoms with E-state index in [-0.39, 0.29) is 11.8 Å². The minimum absolute atomic E-state index is 0.188. The molecule has 1 aromatic rings. The topological polar surface area (TPSA) is 125 Å². The summed E-state index contributed by atoms with van der Waals surface area (Å²) in [5.74, 6) is -1.93. The second-order valence-corrected chi connectivity index (χ2v) is 10.0. The van der Waals surface area contributed by atoms with Crippen LogP contribution in [0, 0.1) is 17.3 Å². The van der Waals surface area contributed by atoms with Gasteiger partial charge in [0.2, 0.25) is 0 Å². The number of imidazole rings is 1. The SMILES string of the molecule is O=C(OC12CC3CC(CC(COC(=O)C(F)(F)S(=O)(=O)O)(C3)C1)C2)n1ccnc1. The van der Waals surface area contributed by atoms with Crippen molar-refractivity contribution in [2.45, 2.75) is 49.4 Å². The molecule has 4 aliphatic carbocycles. The summed E-state index contributed by atoms with van der Waals surface area (Å²) in [6.07, 6.45) is 7.37. The van der Waals surface area contributed by atoms with Gasteiger partial charge in [-0.3, -0.25) is 4.55 Å². The Morgan fingerprint density at radius 1 is 1.24 bits per heavy atom. The molecule has 12 heteroatoms. The van der Waals surface area contributed by atoms with Crippen molar-refractivity contribution in [3.05, 3.63) is 18.7 Å². The van der Waals surface area contributed by atoms with Crippen molar-refractivity contribution in [3.63, 3.8) is 0 Å². The van der Waals surface area contributed by atoms with E-state index in [9.17, 15) is 26.8 Å². The number of aromatic nitrogens is 2. The normalized spacial score (nSPS) is 33.5. The van der Waals surface area contributed by atoms with Crippen LogP contribution in [0.1, 0.15) is 38.5 Å². The van der Waals surface area contributed by atoms with E-state index in [1.165, 1.54) is 23.3 Å². The van der Waals surface area contributed by atoms with Crippen LogP contribution in [0.25, 0.3) is 0 Å². The summed E-state index contributed by atoms with van der Waals surface area (Å²) in [4.78, 5) is 27.8. The van der Waals surface area contributed by atoms with Gasteiger partial charge in [0.25, 0.3) is 0 Å². The second kappa shape index (κ2) is 6.46. The number of carbonyl (C=O) groups is 2. The first-order chi connectivity index (χ1) is 13.4. The van der Waals surface area contributed by atoms with E-state index >= 15 is 0 Å². The highest BCUT2D eigenvalue weighted by Gasteiger charge is 2.61. The summed E-state index contributed by atoms with van der Waals surface area (Å²) < 4.78 is 68.7. The molecular formula is C17H20F2N2O7S. The first kappa shape index (κ1) is 20.2. The standard InChI is InChI=1S/C17H20F2N2O7S/c18-17(19,29(24,25)26)13(22)27-9-15-4-11-3-12(5-15)7-16(6-11,8-15)28-14(23)21-2-1-20-10-21/h1-2,10-12H,3-9H2,(H,24,25,26). The molecule has 0 radical (unpaired) electrons. The molecule has 2 atom stereocenters. The Labute approximate surface area is 165 Å². The predicted octanol–water partition coefficient (Wildman–Crippen LogP) is 2.23. The molecule has 0 aliphatic heterocycles. The third kappa shape index (κ3) is 3.52. The van der Waals surface area contributed by atoms with Gasteiger partial charge in [-0.15, -0.1) is 0 Å². The summed E-state index contributed by atoms with van der Waals surface area (Å²) in [7, 11) is -5.92. The van der Waals surface area contributed by atoms with Crippen LogP contribution >= 0.6 is 0 Å². The third-order valence-corrected chi connectivity index (χ3v) is 7.03. The number of hydrogen-bond acceptors (Lipinski definition) is 7. The molecule has 0 saturated heterocycles. The van der Waals surface area contributed by atoms with Crippen molar-refractivity contribution in [1.82, 2.24) is 9.55 Å². The summed E-state index contributed by atoms with van der Waals surface area (Å²) in [6, 6.07) is 0. The van der Waals surface area contributed by atoms with E-state index in [1.807, 2.05) is 0 Å². The average molecular weight is 434 g/mol. The van der Waals surface area contributed by atoms with E-state index in [1.54, 1.807) is 0 Å². The van der Waals surface area contributed by atoms with Gasteiger partial charge < -0.3 is 9.47 Å². The van der Waals surface area contributed by atoms with Crippen molar-refractivity contribution < 1.29 is 40.8 Å². The van der Waals surface area contributed by atoms with Crippen LogP contribution in [0.15, 0.2) is 18.7 Å². The number of carbonyl (C=O) groups excluding carboxylic acids is 2. The molecule has 4 aliphatic rings. The van der Waals surface area contributed by atoms with Crippen molar-refractivity contribution >= 4 is 22.2 Å². The Hall–Kier alpha value is -2.08. The molecule has 29 heavy (non-hydrogen) atoms. The van der Waals surface area contributed by atoms with Crippen LogP contribution in [-0.4, -0.2) is 52.0 Å². The monoisotopic (exact) mass is 434 g/mol. The number of ether oxygens (including phenoxy) is 2. The van der Waals surface area contributed by atoms with Crippen molar-refractivity contribution in [3.8, 4) is 0 Å². The van der Waals surface area contributed by atoms with Crippen LogP contribution < -0.4 is 0 Å². The largest absolute Gasteiger partial charge is 0.465 e. The van der Waals surface area contributed by atoms with E-state index in [2.05, 4.69) is 9.72 Å². The molecule has 9 nitrogen and oxygen atoms in total. The van der Waals surface area contributed by atoms with E-state index in [0.717, 1.165) is 6.42 Å². The summed E-state index contributed by atoms with van der Waals surface area (Å²) >= 11 is 0. The van der Waals surface area contributed by atoms with Gasteiger partial charge in [-0.1, -0.05) is 0 Å². The highest BCUT2D eigenvalue weighted by Crippen LogP contribution is 2.63. The van der Waals surface area contributed by atoms with Gasteiger partial charge in [0.05, 0.1) is 6.61 Å². The van der Waals surface area contributed by atoms with Crippen molar-refractivity contribution in [2.24, 2.45) is 17.3 Å². The molecule has 1 heterocycles. The van der Waals surface area contributed by atoms with Crippen LogP contribution in [0.5, 0.6) is 0 Å². The zero-order valence-corrected chi connectivity index (χ0v) is 16.1. The Morgan fingerprint density at radius 3 is 2.45 bits per heavy atom. The Balaban J connectivity index is 1.50. The van der Waals surface area contributed by atoms with Crippen LogP contribution in [-0.2, 0) is 24.4 Å². The van der Waals surface area contributed by atoms with Gasteiger partial charge in [-0.05, 0) is 50.4 Å². The predicted molar refractivity (Wildman–Crippen MR) is 91.4 cm³/mol. The van der Waals surface area contributed by atoms with E-state index < -0.39 is 45.1 Å². The van der Waals surface area contributed by atoms with Gasteiger partial charge in [-0.25, -0.2) is 19.1 Å². The zero-order chi connectivity index (χ0) is 21.1. The number of rotatable bonds is 5. The lowest BCUT2D eigenvalue weighted by atomic mass is 9.48. The highest BCUT2D eigenvalue weighted by atomic mass is 32.2. The molecule has 0 aromatic carbocycles. The molecule has 160 valence electrons. The third-order valence-electron chi connectivity index (χ3n) is 6.22. The molecule has 4 saturated carbocycles. The van der Waals surface area contributed by atoms with Crippen LogP contribution in [0.3, 0.4) is 0 Å². The number of esters is 1. The fraction of sp³-hybridized carbons (Fsp3) is 0.706. The van der Waals surface area contributed by atoms with Crippen LogP contribution in [0.4, 0.5) is 13.6 Å². The summed E-state index contributed by atoms with van der Waals surface area (Å²) in [6.45, 7) is -0.422. The van der Waals surface area contributed by atoms with Gasteiger partial charge in [-0.2, -0.15) is 17.2 Å². The van der Waals surface area contributed by atoms with Crippen LogP contribution in [0.2, 0.25) is 0 Å². The van der Waals surface area contributed by atoms with Gasteiger partial charge >= 0.3 is 27.4 Å². The fourth-order valence-corrected chi connectivity index (χ4v) is 5.94. The molecule has 5 rings (SSSR count). The first-order valence-electron chi connectivity index (χ1n) is 9.17. The maximum absolute atomic E-state index is 13.5. The lowest BCUT2D eigenvalue weighted by molar-refractivity contribution is -0.193. The summed E-state index contributed by atoms with van der Waals surface area (Å²) in [5, 5.41) is -5.03. The van der Waals surface area contributed by atoms with Gasteiger partial charge in [0.1, 0.15) is 11.9 Å². The number of hydrogen-bond donors (Lipinski definition) is 1. The van der Waals surface area contributed by atoms with E-state index in [0.29, 0.717) is 32.1 Å². The molecule has 1 aromatic heterocycles. The number of alkyl halides is 2. The Kier molecular flexibility index (Phi) is 4.50. The maximum Gasteiger partial charge on any atom is 0.465 e. The molecule has 0 amide bonds. The average Bonchev–Trinajstić information content (AvgIpc) is 3.12. The van der Waals surface area contributed by atoms with Crippen molar-refractivity contribution in [1.29, 1.82) is 0 Å². The lowest BCUT2D eigenvalue weighted by Gasteiger charge is -2.60. The first-order valence-corrected chi connectivity index (χ1v) is 10.6.